The molecule has 0 aliphatic rings. The number of benzene rings is 1. The van der Waals surface area contributed by atoms with Gasteiger partial charge >= 0.3 is 0 Å². The average Bonchev–Trinajstić information content (AvgIpc) is 2.27. The first-order valence-corrected chi connectivity index (χ1v) is 4.68. The van der Waals surface area contributed by atoms with Gasteiger partial charge in [0.05, 0.1) is 11.4 Å². The molecule has 0 amide bonds. The maximum Gasteiger partial charge on any atom is 0.238 e. The fourth-order valence-electron chi connectivity index (χ4n) is 1.13. The number of ether oxygens (including phenoxy) is 1. The molecule has 0 saturated carbocycles. The quantitative estimate of drug-likeness (QED) is 0.787. The molecular formula is C11H10FN3O. The first kappa shape index (κ1) is 10.4. The van der Waals surface area contributed by atoms with Crippen molar-refractivity contribution >= 4 is 5.69 Å². The van der Waals surface area contributed by atoms with E-state index in [4.69, 9.17) is 10.5 Å². The summed E-state index contributed by atoms with van der Waals surface area (Å²) in [5.74, 6) is 0.136. The Labute approximate surface area is 91.9 Å². The van der Waals surface area contributed by atoms with Crippen molar-refractivity contribution in [1.82, 2.24) is 10.2 Å². The molecule has 1 heterocycles. The number of aryl methyl sites for hydroxylation is 1. The van der Waals surface area contributed by atoms with E-state index in [-0.39, 0.29) is 5.69 Å². The van der Waals surface area contributed by atoms with E-state index in [2.05, 4.69) is 10.2 Å². The monoisotopic (exact) mass is 219 g/mol. The molecule has 2 N–H and O–H groups in total. The second-order valence-electron chi connectivity index (χ2n) is 3.30. The third-order valence-electron chi connectivity index (χ3n) is 1.97. The smallest absolute Gasteiger partial charge is 0.238 e. The van der Waals surface area contributed by atoms with Crippen molar-refractivity contribution in [3.63, 3.8) is 0 Å². The lowest BCUT2D eigenvalue weighted by molar-refractivity contribution is 0.450. The molecule has 2 rings (SSSR count). The minimum atomic E-state index is -0.516. The Morgan fingerprint density at radius 1 is 1.19 bits per heavy atom. The Morgan fingerprint density at radius 2 is 2.00 bits per heavy atom. The molecule has 0 saturated heterocycles. The zero-order chi connectivity index (χ0) is 11.5. The molecule has 0 radical (unpaired) electrons. The molecule has 1 aromatic heterocycles. The lowest BCUT2D eigenvalue weighted by Gasteiger charge is -2.04. The normalized spacial score (nSPS) is 10.1. The van der Waals surface area contributed by atoms with Gasteiger partial charge in [-0.1, -0.05) is 0 Å². The van der Waals surface area contributed by atoms with Crippen molar-refractivity contribution in [3.05, 3.63) is 41.8 Å². The number of aromatic nitrogens is 2. The number of rotatable bonds is 2. The number of hydrogen-bond acceptors (Lipinski definition) is 4. The summed E-state index contributed by atoms with van der Waals surface area (Å²) in [7, 11) is 0. The Bertz CT molecular complexity index is 499. The molecule has 0 unspecified atom stereocenters. The Kier molecular flexibility index (Phi) is 2.68. The number of nitrogen functional groups attached to an aromatic ring is 1. The summed E-state index contributed by atoms with van der Waals surface area (Å²) >= 11 is 0. The third kappa shape index (κ3) is 2.25. The lowest BCUT2D eigenvalue weighted by Crippen LogP contribution is -1.94. The number of hydrogen-bond donors (Lipinski definition) is 1. The first-order valence-electron chi connectivity index (χ1n) is 4.68. The maximum absolute atomic E-state index is 13.1. The number of nitrogens with zero attached hydrogens (tertiary/aromatic N) is 2. The standard InChI is InChI=1S/C11H10FN3O/c1-7-2-5-11(15-14-7)16-8-3-4-10(13)9(12)6-8/h2-6H,13H2,1H3. The maximum atomic E-state index is 13.1. The fraction of sp³-hybridized carbons (Fsp3) is 0.0909. The van der Waals surface area contributed by atoms with E-state index >= 15 is 0 Å². The Balaban J connectivity index is 2.20. The molecule has 16 heavy (non-hydrogen) atoms. The van der Waals surface area contributed by atoms with E-state index in [1.54, 1.807) is 18.2 Å². The van der Waals surface area contributed by atoms with Crippen LogP contribution in [0.2, 0.25) is 0 Å². The van der Waals surface area contributed by atoms with Gasteiger partial charge in [0, 0.05) is 12.1 Å². The predicted molar refractivity (Wildman–Crippen MR) is 57.7 cm³/mol. The molecule has 5 heteroatoms. The molecule has 0 aliphatic carbocycles. The van der Waals surface area contributed by atoms with Crippen LogP contribution >= 0.6 is 0 Å². The predicted octanol–water partition coefficient (Wildman–Crippen LogP) is 2.30. The van der Waals surface area contributed by atoms with Crippen LogP contribution in [0.25, 0.3) is 0 Å². The van der Waals surface area contributed by atoms with E-state index in [1.807, 2.05) is 6.92 Å². The van der Waals surface area contributed by atoms with Crippen molar-refractivity contribution in [1.29, 1.82) is 0 Å². The highest BCUT2D eigenvalue weighted by molar-refractivity contribution is 5.44. The van der Waals surface area contributed by atoms with Crippen LogP contribution < -0.4 is 10.5 Å². The van der Waals surface area contributed by atoms with Crippen molar-refractivity contribution < 1.29 is 9.13 Å². The number of anilines is 1. The molecule has 4 nitrogen and oxygen atoms in total. The van der Waals surface area contributed by atoms with E-state index in [0.717, 1.165) is 5.69 Å². The summed E-state index contributed by atoms with van der Waals surface area (Å²) in [6.45, 7) is 1.82. The zero-order valence-corrected chi connectivity index (χ0v) is 8.64. The lowest BCUT2D eigenvalue weighted by atomic mass is 10.3. The number of halogens is 1. The summed E-state index contributed by atoms with van der Waals surface area (Å²) in [6, 6.07) is 7.63. The van der Waals surface area contributed by atoms with Gasteiger partial charge in [-0.05, 0) is 25.1 Å². The number of nitrogens with two attached hydrogens (primary N) is 1. The largest absolute Gasteiger partial charge is 0.437 e. The molecule has 0 spiro atoms. The highest BCUT2D eigenvalue weighted by Crippen LogP contribution is 2.22. The van der Waals surface area contributed by atoms with Crippen molar-refractivity contribution in [3.8, 4) is 11.6 Å². The van der Waals surface area contributed by atoms with Crippen LogP contribution in [0.4, 0.5) is 10.1 Å². The van der Waals surface area contributed by atoms with Gasteiger partial charge in [0.15, 0.2) is 0 Å². The van der Waals surface area contributed by atoms with Crippen LogP contribution in [0.15, 0.2) is 30.3 Å². The molecule has 1 aromatic carbocycles. The van der Waals surface area contributed by atoms with Crippen LogP contribution in [0.1, 0.15) is 5.69 Å². The summed E-state index contributed by atoms with van der Waals surface area (Å²) in [5.41, 5.74) is 6.22. The summed E-state index contributed by atoms with van der Waals surface area (Å²) in [6.07, 6.45) is 0. The third-order valence-corrected chi connectivity index (χ3v) is 1.97. The second-order valence-corrected chi connectivity index (χ2v) is 3.30. The van der Waals surface area contributed by atoms with Gasteiger partial charge in [0.1, 0.15) is 11.6 Å². The van der Waals surface area contributed by atoms with E-state index in [1.165, 1.54) is 12.1 Å². The Hall–Kier alpha value is -2.17. The van der Waals surface area contributed by atoms with Gasteiger partial charge in [-0.3, -0.25) is 0 Å². The topological polar surface area (TPSA) is 61.0 Å². The summed E-state index contributed by atoms with van der Waals surface area (Å²) < 4.78 is 18.4. The van der Waals surface area contributed by atoms with Crippen molar-refractivity contribution in [2.75, 3.05) is 5.73 Å². The Morgan fingerprint density at radius 3 is 2.62 bits per heavy atom. The van der Waals surface area contributed by atoms with Crippen LogP contribution in [-0.2, 0) is 0 Å². The molecule has 0 aliphatic heterocycles. The molecule has 0 bridgehead atoms. The van der Waals surface area contributed by atoms with Crippen LogP contribution in [0.5, 0.6) is 11.6 Å². The van der Waals surface area contributed by atoms with Crippen LogP contribution in [0, 0.1) is 12.7 Å². The summed E-state index contributed by atoms with van der Waals surface area (Å²) in [4.78, 5) is 0. The zero-order valence-electron chi connectivity index (χ0n) is 8.64. The highest BCUT2D eigenvalue weighted by Gasteiger charge is 2.03. The molecule has 82 valence electrons. The fourth-order valence-corrected chi connectivity index (χ4v) is 1.13. The van der Waals surface area contributed by atoms with E-state index in [9.17, 15) is 4.39 Å². The highest BCUT2D eigenvalue weighted by atomic mass is 19.1. The van der Waals surface area contributed by atoms with Crippen molar-refractivity contribution in [2.45, 2.75) is 6.92 Å². The summed E-state index contributed by atoms with van der Waals surface area (Å²) in [5, 5.41) is 7.62. The first-order chi connectivity index (χ1) is 7.65. The van der Waals surface area contributed by atoms with Gasteiger partial charge < -0.3 is 10.5 Å². The molecule has 2 aromatic rings. The van der Waals surface area contributed by atoms with Crippen LogP contribution in [0.3, 0.4) is 0 Å². The molecule has 0 fully saturated rings. The second kappa shape index (κ2) is 4.14. The SMILES string of the molecule is Cc1ccc(Oc2ccc(N)c(F)c2)nn1. The van der Waals surface area contributed by atoms with Crippen LogP contribution in [-0.4, -0.2) is 10.2 Å². The van der Waals surface area contributed by atoms with E-state index < -0.39 is 5.82 Å². The minimum absolute atomic E-state index is 0.0855. The molecule has 0 atom stereocenters. The van der Waals surface area contributed by atoms with Gasteiger partial charge in [0.2, 0.25) is 5.88 Å². The van der Waals surface area contributed by atoms with E-state index in [0.29, 0.717) is 11.6 Å². The molecular weight excluding hydrogens is 209 g/mol. The van der Waals surface area contributed by atoms with Gasteiger partial charge in [0.25, 0.3) is 0 Å². The van der Waals surface area contributed by atoms with Crippen molar-refractivity contribution in [2.24, 2.45) is 0 Å². The van der Waals surface area contributed by atoms with Gasteiger partial charge in [-0.15, -0.1) is 5.10 Å². The average molecular weight is 219 g/mol. The van der Waals surface area contributed by atoms with Gasteiger partial charge in [-0.25, -0.2) is 4.39 Å². The minimum Gasteiger partial charge on any atom is -0.437 e. The van der Waals surface area contributed by atoms with Gasteiger partial charge in [-0.2, -0.15) is 5.10 Å².